The zero-order chi connectivity index (χ0) is 23.3. The summed E-state index contributed by atoms with van der Waals surface area (Å²) in [5.74, 6) is 1.81. The smallest absolute Gasteiger partial charge is 0.135 e. The van der Waals surface area contributed by atoms with Crippen molar-refractivity contribution in [1.29, 1.82) is 5.26 Å². The number of hydrogen-bond acceptors (Lipinski definition) is 7. The van der Waals surface area contributed by atoms with Crippen LogP contribution in [-0.4, -0.2) is 52.6 Å². The molecule has 1 N–H and O–H groups in total. The van der Waals surface area contributed by atoms with Gasteiger partial charge in [-0.05, 0) is 53.3 Å². The Morgan fingerprint density at radius 1 is 0.912 bits per heavy atom. The predicted octanol–water partition coefficient (Wildman–Crippen LogP) is 4.26. The quantitative estimate of drug-likeness (QED) is 0.441. The van der Waals surface area contributed by atoms with Gasteiger partial charge in [0.05, 0.1) is 12.6 Å². The van der Waals surface area contributed by atoms with Crippen molar-refractivity contribution in [2.45, 2.75) is 13.5 Å². The van der Waals surface area contributed by atoms with Crippen molar-refractivity contribution >= 4 is 22.4 Å². The SMILES string of the molecule is Cc1cc(-c2ccc(CNc3nccc4cc(N5CCN(CC#N)CC5)ncc34)cc2)ccn1. The molecule has 0 bridgehead atoms. The highest BCUT2D eigenvalue weighted by Gasteiger charge is 2.18. The van der Waals surface area contributed by atoms with E-state index in [9.17, 15) is 0 Å². The fourth-order valence-electron chi connectivity index (χ4n) is 4.33. The first-order valence-electron chi connectivity index (χ1n) is 11.5. The summed E-state index contributed by atoms with van der Waals surface area (Å²) in [4.78, 5) is 18.0. The molecule has 0 spiro atoms. The molecule has 1 aromatic carbocycles. The Morgan fingerprint density at radius 3 is 2.47 bits per heavy atom. The molecule has 0 unspecified atom stereocenters. The molecule has 34 heavy (non-hydrogen) atoms. The maximum Gasteiger partial charge on any atom is 0.135 e. The third-order valence-corrected chi connectivity index (χ3v) is 6.27. The molecule has 0 radical (unpaired) electrons. The maximum atomic E-state index is 8.90. The van der Waals surface area contributed by atoms with E-state index in [2.05, 4.69) is 67.6 Å². The molecule has 1 aliphatic rings. The lowest BCUT2D eigenvalue weighted by atomic mass is 10.0. The first kappa shape index (κ1) is 21.8. The van der Waals surface area contributed by atoms with Crippen LogP contribution in [0.5, 0.6) is 0 Å². The van der Waals surface area contributed by atoms with E-state index in [0.29, 0.717) is 13.1 Å². The Bertz CT molecular complexity index is 1320. The van der Waals surface area contributed by atoms with E-state index in [4.69, 9.17) is 10.2 Å². The van der Waals surface area contributed by atoms with E-state index in [1.807, 2.05) is 37.6 Å². The number of hydrogen-bond donors (Lipinski definition) is 1. The van der Waals surface area contributed by atoms with Crippen molar-refractivity contribution in [2.24, 2.45) is 0 Å². The number of nitrogens with one attached hydrogen (secondary N) is 1. The average molecular weight is 450 g/mol. The highest BCUT2D eigenvalue weighted by Crippen LogP contribution is 2.26. The summed E-state index contributed by atoms with van der Waals surface area (Å²) in [6.07, 6.45) is 5.60. The number of benzene rings is 1. The number of nitrogens with zero attached hydrogens (tertiary/aromatic N) is 6. The lowest BCUT2D eigenvalue weighted by Gasteiger charge is -2.34. The van der Waals surface area contributed by atoms with Crippen molar-refractivity contribution < 1.29 is 0 Å². The molecule has 7 heteroatoms. The lowest BCUT2D eigenvalue weighted by Crippen LogP contribution is -2.46. The summed E-state index contributed by atoms with van der Waals surface area (Å²) in [6.45, 7) is 6.72. The number of fused-ring (bicyclic) bond motifs is 1. The van der Waals surface area contributed by atoms with Crippen molar-refractivity contribution in [1.82, 2.24) is 19.9 Å². The number of anilines is 2. The van der Waals surface area contributed by atoms with Gasteiger partial charge < -0.3 is 10.2 Å². The molecule has 0 aliphatic carbocycles. The number of rotatable bonds is 6. The van der Waals surface area contributed by atoms with Crippen LogP contribution in [0.3, 0.4) is 0 Å². The molecule has 3 aromatic heterocycles. The summed E-state index contributed by atoms with van der Waals surface area (Å²) in [6, 6.07) is 19.1. The van der Waals surface area contributed by atoms with Crippen LogP contribution in [0, 0.1) is 18.3 Å². The van der Waals surface area contributed by atoms with Crippen LogP contribution in [0.1, 0.15) is 11.3 Å². The Labute approximate surface area is 199 Å². The summed E-state index contributed by atoms with van der Waals surface area (Å²) in [5.41, 5.74) is 4.57. The van der Waals surface area contributed by atoms with E-state index in [1.54, 1.807) is 0 Å². The van der Waals surface area contributed by atoms with Crippen LogP contribution in [0.2, 0.25) is 0 Å². The van der Waals surface area contributed by atoms with Crippen molar-refractivity contribution in [2.75, 3.05) is 42.9 Å². The lowest BCUT2D eigenvalue weighted by molar-refractivity contribution is 0.286. The third-order valence-electron chi connectivity index (χ3n) is 6.27. The minimum Gasteiger partial charge on any atom is -0.365 e. The van der Waals surface area contributed by atoms with Crippen molar-refractivity contribution in [3.8, 4) is 17.2 Å². The number of pyridine rings is 3. The van der Waals surface area contributed by atoms with Crippen molar-refractivity contribution in [3.05, 3.63) is 78.4 Å². The maximum absolute atomic E-state index is 8.90. The minimum atomic E-state index is 0.492. The standard InChI is InChI=1S/C27H27N7/c1-20-16-23(6-9-29-20)22-4-2-21(3-5-22)18-32-27-25-19-31-26(17-24(25)7-10-30-27)34-14-12-33(11-8-28)13-15-34/h2-7,9-10,16-17,19H,11-15,18H2,1H3,(H,30,32). The van der Waals surface area contributed by atoms with Gasteiger partial charge in [-0.3, -0.25) is 9.88 Å². The van der Waals surface area contributed by atoms with Crippen LogP contribution in [-0.2, 0) is 6.54 Å². The van der Waals surface area contributed by atoms with Gasteiger partial charge in [-0.25, -0.2) is 9.97 Å². The molecule has 0 amide bonds. The topological polar surface area (TPSA) is 81.0 Å². The van der Waals surface area contributed by atoms with Gasteiger partial charge in [0.2, 0.25) is 0 Å². The van der Waals surface area contributed by atoms with Crippen LogP contribution < -0.4 is 10.2 Å². The molecule has 1 saturated heterocycles. The highest BCUT2D eigenvalue weighted by atomic mass is 15.3. The highest BCUT2D eigenvalue weighted by molar-refractivity contribution is 5.92. The zero-order valence-corrected chi connectivity index (χ0v) is 19.3. The molecule has 1 fully saturated rings. The van der Waals surface area contributed by atoms with Gasteiger partial charge in [0.25, 0.3) is 0 Å². The molecule has 1 aliphatic heterocycles. The van der Waals surface area contributed by atoms with E-state index in [0.717, 1.165) is 54.3 Å². The number of aromatic nitrogens is 3. The Balaban J connectivity index is 1.27. The number of nitriles is 1. The van der Waals surface area contributed by atoms with E-state index in [1.165, 1.54) is 16.7 Å². The van der Waals surface area contributed by atoms with Gasteiger partial charge in [0.1, 0.15) is 11.6 Å². The second-order valence-electron chi connectivity index (χ2n) is 8.58. The molecule has 4 aromatic rings. The van der Waals surface area contributed by atoms with Crippen LogP contribution in [0.15, 0.2) is 67.1 Å². The van der Waals surface area contributed by atoms with Gasteiger partial charge in [0, 0.05) is 62.4 Å². The first-order chi connectivity index (χ1) is 16.7. The largest absolute Gasteiger partial charge is 0.365 e. The Hall–Kier alpha value is -4.02. The fourth-order valence-corrected chi connectivity index (χ4v) is 4.33. The van der Waals surface area contributed by atoms with E-state index in [-0.39, 0.29) is 0 Å². The average Bonchev–Trinajstić information content (AvgIpc) is 2.88. The van der Waals surface area contributed by atoms with E-state index >= 15 is 0 Å². The monoisotopic (exact) mass is 449 g/mol. The molecular formula is C27H27N7. The molecule has 0 saturated carbocycles. The molecular weight excluding hydrogens is 422 g/mol. The molecule has 7 nitrogen and oxygen atoms in total. The second-order valence-corrected chi connectivity index (χ2v) is 8.58. The van der Waals surface area contributed by atoms with Gasteiger partial charge in [0.15, 0.2) is 0 Å². The Kier molecular flexibility index (Phi) is 6.32. The second kappa shape index (κ2) is 9.86. The predicted molar refractivity (Wildman–Crippen MR) is 136 cm³/mol. The van der Waals surface area contributed by atoms with Gasteiger partial charge in [-0.1, -0.05) is 24.3 Å². The normalized spacial score (nSPS) is 14.2. The summed E-state index contributed by atoms with van der Waals surface area (Å²) in [5, 5.41) is 14.5. The summed E-state index contributed by atoms with van der Waals surface area (Å²) in [7, 11) is 0. The molecule has 5 rings (SSSR count). The molecule has 0 atom stereocenters. The van der Waals surface area contributed by atoms with Crippen molar-refractivity contribution in [3.63, 3.8) is 0 Å². The van der Waals surface area contributed by atoms with Gasteiger partial charge >= 0.3 is 0 Å². The molecule has 170 valence electrons. The fraction of sp³-hybridized carbons (Fsp3) is 0.259. The van der Waals surface area contributed by atoms with E-state index < -0.39 is 0 Å². The van der Waals surface area contributed by atoms with Gasteiger partial charge in [-0.15, -0.1) is 0 Å². The Morgan fingerprint density at radius 2 is 1.71 bits per heavy atom. The first-order valence-corrected chi connectivity index (χ1v) is 11.5. The number of piperazine rings is 1. The summed E-state index contributed by atoms with van der Waals surface area (Å²) >= 11 is 0. The minimum absolute atomic E-state index is 0.492. The summed E-state index contributed by atoms with van der Waals surface area (Å²) < 4.78 is 0. The third kappa shape index (κ3) is 4.82. The zero-order valence-electron chi connectivity index (χ0n) is 19.3. The van der Waals surface area contributed by atoms with Gasteiger partial charge in [-0.2, -0.15) is 5.26 Å². The van der Waals surface area contributed by atoms with Crippen LogP contribution in [0.4, 0.5) is 11.6 Å². The number of aryl methyl sites for hydroxylation is 1. The van der Waals surface area contributed by atoms with Crippen LogP contribution >= 0.6 is 0 Å². The molecule has 4 heterocycles. The van der Waals surface area contributed by atoms with Crippen LogP contribution in [0.25, 0.3) is 21.9 Å².